The van der Waals surface area contributed by atoms with Crippen LogP contribution in [0.15, 0.2) is 59.7 Å². The molecule has 0 aliphatic carbocycles. The molecule has 0 saturated heterocycles. The molecule has 0 amide bonds. The van der Waals surface area contributed by atoms with Crippen LogP contribution in [0.5, 0.6) is 0 Å². The molecule has 2 aromatic carbocycles. The summed E-state index contributed by atoms with van der Waals surface area (Å²) in [5, 5.41) is 5.34. The van der Waals surface area contributed by atoms with Crippen molar-refractivity contribution in [2.75, 3.05) is 10.5 Å². The summed E-state index contributed by atoms with van der Waals surface area (Å²) >= 11 is 0. The molecule has 30 heavy (non-hydrogen) atoms. The van der Waals surface area contributed by atoms with Crippen molar-refractivity contribution < 1.29 is 8.60 Å². The number of aromatic amines is 1. The van der Waals surface area contributed by atoms with Crippen molar-refractivity contribution in [2.24, 2.45) is 0 Å². The third kappa shape index (κ3) is 4.04. The van der Waals surface area contributed by atoms with Crippen LogP contribution in [-0.2, 0) is 17.5 Å². The van der Waals surface area contributed by atoms with Crippen molar-refractivity contribution in [3.05, 3.63) is 82.2 Å². The maximum atomic E-state index is 13.2. The Labute approximate surface area is 175 Å². The van der Waals surface area contributed by atoms with E-state index in [1.54, 1.807) is 31.5 Å². The third-order valence-electron chi connectivity index (χ3n) is 4.92. The second-order valence-corrected chi connectivity index (χ2v) is 8.49. The zero-order chi connectivity index (χ0) is 21.3. The Hall–Kier alpha value is -3.26. The van der Waals surface area contributed by atoms with E-state index >= 15 is 0 Å². The highest BCUT2D eigenvalue weighted by molar-refractivity contribution is 7.86. The maximum absolute atomic E-state index is 13.2. The lowest BCUT2D eigenvalue weighted by atomic mass is 10.0. The number of nitrogens with zero attached hydrogens (tertiary/aromatic N) is 2. The van der Waals surface area contributed by atoms with Gasteiger partial charge in [-0.1, -0.05) is 19.1 Å². The molecule has 0 fully saturated rings. The standard InChI is InChI=1S/C22H21FN4O2S/c1-3-30(29)26-20-9-16(17-8-14(2)22(28)24-11-17)10-21-19(20)12-25-27(21)13-15-4-6-18(23)7-5-15/h4-12,26H,3,13H2,1-2H3,(H,24,28). The van der Waals surface area contributed by atoms with Gasteiger partial charge in [-0.3, -0.25) is 9.48 Å². The van der Waals surface area contributed by atoms with Crippen LogP contribution in [0, 0.1) is 12.7 Å². The highest BCUT2D eigenvalue weighted by Crippen LogP contribution is 2.31. The van der Waals surface area contributed by atoms with Crippen LogP contribution in [0.4, 0.5) is 10.1 Å². The van der Waals surface area contributed by atoms with Gasteiger partial charge < -0.3 is 9.71 Å². The van der Waals surface area contributed by atoms with E-state index in [9.17, 15) is 13.4 Å². The first-order valence-corrected chi connectivity index (χ1v) is 10.8. The summed E-state index contributed by atoms with van der Waals surface area (Å²) in [6.45, 7) is 4.06. The number of aryl methyl sites for hydroxylation is 1. The zero-order valence-corrected chi connectivity index (χ0v) is 17.4. The molecule has 0 spiro atoms. The summed E-state index contributed by atoms with van der Waals surface area (Å²) in [5.41, 5.74) is 4.64. The second kappa shape index (κ2) is 8.23. The van der Waals surface area contributed by atoms with Gasteiger partial charge in [-0.05, 0) is 53.9 Å². The lowest BCUT2D eigenvalue weighted by Crippen LogP contribution is -2.09. The molecule has 2 N–H and O–H groups in total. The molecule has 1 unspecified atom stereocenters. The van der Waals surface area contributed by atoms with E-state index in [4.69, 9.17) is 0 Å². The van der Waals surface area contributed by atoms with E-state index in [2.05, 4.69) is 14.8 Å². The Bertz CT molecular complexity index is 1290. The van der Waals surface area contributed by atoms with Crippen LogP contribution in [0.25, 0.3) is 22.0 Å². The van der Waals surface area contributed by atoms with Gasteiger partial charge in [-0.15, -0.1) is 0 Å². The topological polar surface area (TPSA) is 79.8 Å². The number of halogens is 1. The molecular formula is C22H21FN4O2S. The molecule has 0 saturated carbocycles. The number of aromatic nitrogens is 3. The van der Waals surface area contributed by atoms with Gasteiger partial charge in [0.15, 0.2) is 0 Å². The van der Waals surface area contributed by atoms with E-state index in [-0.39, 0.29) is 11.4 Å². The number of fused-ring (bicyclic) bond motifs is 1. The van der Waals surface area contributed by atoms with E-state index in [0.29, 0.717) is 23.5 Å². The largest absolute Gasteiger partial charge is 0.328 e. The zero-order valence-electron chi connectivity index (χ0n) is 16.6. The van der Waals surface area contributed by atoms with E-state index < -0.39 is 11.0 Å². The van der Waals surface area contributed by atoms with Gasteiger partial charge in [0.05, 0.1) is 23.9 Å². The Morgan fingerprint density at radius 3 is 2.63 bits per heavy atom. The minimum Gasteiger partial charge on any atom is -0.328 e. The number of hydrogen-bond donors (Lipinski definition) is 2. The predicted molar refractivity (Wildman–Crippen MR) is 118 cm³/mol. The SMILES string of the molecule is CCS(=O)Nc1cc(-c2c[nH]c(=O)c(C)c2)cc2c1cnn2Cc1ccc(F)cc1. The number of anilines is 1. The first-order chi connectivity index (χ1) is 14.4. The minimum atomic E-state index is -1.22. The Kier molecular flexibility index (Phi) is 5.50. The van der Waals surface area contributed by atoms with Gasteiger partial charge >= 0.3 is 0 Å². The molecule has 1 atom stereocenters. The molecule has 6 nitrogen and oxygen atoms in total. The normalized spacial score (nSPS) is 12.2. The van der Waals surface area contributed by atoms with Gasteiger partial charge in [-0.25, -0.2) is 8.60 Å². The van der Waals surface area contributed by atoms with E-state index in [1.807, 2.05) is 29.8 Å². The monoisotopic (exact) mass is 424 g/mol. The first-order valence-electron chi connectivity index (χ1n) is 9.53. The average molecular weight is 425 g/mol. The van der Waals surface area contributed by atoms with Gasteiger partial charge in [0.1, 0.15) is 16.8 Å². The van der Waals surface area contributed by atoms with Crippen molar-refractivity contribution in [1.82, 2.24) is 14.8 Å². The summed E-state index contributed by atoms with van der Waals surface area (Å²) in [6.07, 6.45) is 3.40. The van der Waals surface area contributed by atoms with Gasteiger partial charge in [-0.2, -0.15) is 5.10 Å². The molecule has 4 aromatic rings. The molecule has 0 bridgehead atoms. The Morgan fingerprint density at radius 2 is 1.93 bits per heavy atom. The Morgan fingerprint density at radius 1 is 1.17 bits per heavy atom. The smallest absolute Gasteiger partial charge is 0.250 e. The number of hydrogen-bond acceptors (Lipinski definition) is 3. The lowest BCUT2D eigenvalue weighted by molar-refractivity contribution is 0.625. The first kappa shape index (κ1) is 20.0. The van der Waals surface area contributed by atoms with Crippen LogP contribution in [0.1, 0.15) is 18.1 Å². The minimum absolute atomic E-state index is 0.133. The predicted octanol–water partition coefficient (Wildman–Crippen LogP) is 3.98. The number of H-pyrrole nitrogens is 1. The molecule has 4 rings (SSSR count). The van der Waals surface area contributed by atoms with Crippen LogP contribution in [-0.4, -0.2) is 24.7 Å². The van der Waals surface area contributed by atoms with E-state index in [1.165, 1.54) is 12.1 Å². The third-order valence-corrected chi connectivity index (χ3v) is 5.89. The van der Waals surface area contributed by atoms with Crippen molar-refractivity contribution >= 4 is 27.6 Å². The highest BCUT2D eigenvalue weighted by Gasteiger charge is 2.13. The van der Waals surface area contributed by atoms with Crippen molar-refractivity contribution in [3.8, 4) is 11.1 Å². The van der Waals surface area contributed by atoms with E-state index in [0.717, 1.165) is 27.6 Å². The molecule has 0 aliphatic heterocycles. The lowest BCUT2D eigenvalue weighted by Gasteiger charge is -2.11. The summed E-state index contributed by atoms with van der Waals surface area (Å²) in [7, 11) is -1.22. The fourth-order valence-electron chi connectivity index (χ4n) is 3.28. The van der Waals surface area contributed by atoms with Gasteiger partial charge in [0, 0.05) is 22.9 Å². The average Bonchev–Trinajstić information content (AvgIpc) is 3.14. The van der Waals surface area contributed by atoms with Crippen molar-refractivity contribution in [3.63, 3.8) is 0 Å². The molecule has 2 heterocycles. The van der Waals surface area contributed by atoms with Gasteiger partial charge in [0.2, 0.25) is 0 Å². The fourth-order valence-corrected chi connectivity index (χ4v) is 3.83. The maximum Gasteiger partial charge on any atom is 0.250 e. The molecule has 0 aliphatic rings. The molecular weight excluding hydrogens is 403 g/mol. The molecule has 8 heteroatoms. The quantitative estimate of drug-likeness (QED) is 0.491. The van der Waals surface area contributed by atoms with Crippen LogP contribution in [0.3, 0.4) is 0 Å². The van der Waals surface area contributed by atoms with Gasteiger partial charge in [0.25, 0.3) is 5.56 Å². The number of benzene rings is 2. The molecule has 2 aromatic heterocycles. The summed E-state index contributed by atoms with van der Waals surface area (Å²) in [5.74, 6) is 0.182. The second-order valence-electron chi connectivity index (χ2n) is 7.02. The highest BCUT2D eigenvalue weighted by atomic mass is 32.2. The molecule has 154 valence electrons. The summed E-state index contributed by atoms with van der Waals surface area (Å²) < 4.78 is 30.3. The number of rotatable bonds is 6. The molecule has 0 radical (unpaired) electrons. The summed E-state index contributed by atoms with van der Waals surface area (Å²) in [4.78, 5) is 14.5. The number of nitrogens with one attached hydrogen (secondary N) is 2. The van der Waals surface area contributed by atoms with Crippen LogP contribution in [0.2, 0.25) is 0 Å². The van der Waals surface area contributed by atoms with Crippen molar-refractivity contribution in [1.29, 1.82) is 0 Å². The van der Waals surface area contributed by atoms with Crippen LogP contribution >= 0.6 is 0 Å². The fraction of sp³-hybridized carbons (Fsp3) is 0.182. The Balaban J connectivity index is 1.85. The van der Waals surface area contributed by atoms with Crippen molar-refractivity contribution in [2.45, 2.75) is 20.4 Å². The summed E-state index contributed by atoms with van der Waals surface area (Å²) in [6, 6.07) is 12.0. The number of pyridine rings is 1. The van der Waals surface area contributed by atoms with Crippen LogP contribution < -0.4 is 10.3 Å².